The smallest absolute Gasteiger partial charge is 0.0370 e. The lowest BCUT2D eigenvalue weighted by molar-refractivity contribution is 0.888. The third-order valence-electron chi connectivity index (χ3n) is 2.47. The Morgan fingerprint density at radius 1 is 1.46 bits per heavy atom. The highest BCUT2D eigenvalue weighted by atomic mass is 127. The van der Waals surface area contributed by atoms with Gasteiger partial charge in [0.05, 0.1) is 0 Å². The number of nitrogens with one attached hydrogen (secondary N) is 1. The zero-order valence-corrected chi connectivity index (χ0v) is 9.97. The van der Waals surface area contributed by atoms with Crippen molar-refractivity contribution < 1.29 is 0 Å². The van der Waals surface area contributed by atoms with Crippen molar-refractivity contribution in [1.82, 2.24) is 0 Å². The van der Waals surface area contributed by atoms with Gasteiger partial charge in [-0.1, -0.05) is 0 Å². The number of hydrogen-bond donors (Lipinski definition) is 1. The van der Waals surface area contributed by atoms with Crippen LogP contribution >= 0.6 is 22.6 Å². The van der Waals surface area contributed by atoms with Gasteiger partial charge in [-0.3, -0.25) is 0 Å². The fourth-order valence-corrected chi connectivity index (χ4v) is 2.05. The van der Waals surface area contributed by atoms with Gasteiger partial charge in [-0.25, -0.2) is 0 Å². The van der Waals surface area contributed by atoms with Crippen LogP contribution in [-0.2, 0) is 0 Å². The summed E-state index contributed by atoms with van der Waals surface area (Å²) in [5, 5.41) is 3.50. The van der Waals surface area contributed by atoms with Gasteiger partial charge in [0.2, 0.25) is 0 Å². The molecular weight excluding hydrogens is 273 g/mol. The van der Waals surface area contributed by atoms with Crippen LogP contribution in [0, 0.1) is 16.4 Å². The standard InChI is InChI=1S/C11H14IN/c1-8-6-10(12)4-5-11(8)13-7-9-2-3-9/h4-6,9,13H,2-3,7H2,1H3. The lowest BCUT2D eigenvalue weighted by atomic mass is 10.2. The minimum atomic E-state index is 0.943. The molecule has 0 heterocycles. The summed E-state index contributed by atoms with van der Waals surface area (Å²) in [7, 11) is 0. The average Bonchev–Trinajstić information content (AvgIpc) is 2.86. The second-order valence-electron chi connectivity index (χ2n) is 3.78. The summed E-state index contributed by atoms with van der Waals surface area (Å²) >= 11 is 2.35. The molecule has 13 heavy (non-hydrogen) atoms. The molecule has 0 radical (unpaired) electrons. The van der Waals surface area contributed by atoms with Gasteiger partial charge in [0, 0.05) is 15.8 Å². The van der Waals surface area contributed by atoms with Crippen LogP contribution in [0.2, 0.25) is 0 Å². The molecular formula is C11H14IN. The third kappa shape index (κ3) is 2.59. The van der Waals surface area contributed by atoms with E-state index < -0.39 is 0 Å². The maximum absolute atomic E-state index is 3.50. The van der Waals surface area contributed by atoms with Crippen LogP contribution in [0.1, 0.15) is 18.4 Å². The summed E-state index contributed by atoms with van der Waals surface area (Å²) in [4.78, 5) is 0. The molecule has 1 saturated carbocycles. The first-order chi connectivity index (χ1) is 6.25. The van der Waals surface area contributed by atoms with E-state index >= 15 is 0 Å². The molecule has 0 aliphatic heterocycles. The van der Waals surface area contributed by atoms with E-state index in [0.29, 0.717) is 0 Å². The SMILES string of the molecule is Cc1cc(I)ccc1NCC1CC1. The molecule has 70 valence electrons. The van der Waals surface area contributed by atoms with Crippen molar-refractivity contribution in [1.29, 1.82) is 0 Å². The van der Waals surface area contributed by atoms with Crippen LogP contribution < -0.4 is 5.32 Å². The van der Waals surface area contributed by atoms with Crippen LogP contribution in [0.15, 0.2) is 18.2 Å². The molecule has 0 saturated heterocycles. The summed E-state index contributed by atoms with van der Waals surface area (Å²) in [6, 6.07) is 6.55. The molecule has 2 heteroatoms. The van der Waals surface area contributed by atoms with Gasteiger partial charge in [0.25, 0.3) is 0 Å². The minimum Gasteiger partial charge on any atom is -0.385 e. The zero-order chi connectivity index (χ0) is 9.26. The number of anilines is 1. The first kappa shape index (κ1) is 9.31. The van der Waals surface area contributed by atoms with Crippen LogP contribution in [0.25, 0.3) is 0 Å². The average molecular weight is 287 g/mol. The molecule has 0 aromatic heterocycles. The predicted molar refractivity (Wildman–Crippen MR) is 65.1 cm³/mol. The molecule has 0 unspecified atom stereocenters. The van der Waals surface area contributed by atoms with E-state index in [1.165, 1.54) is 27.7 Å². The van der Waals surface area contributed by atoms with Gasteiger partial charge >= 0.3 is 0 Å². The molecule has 0 amide bonds. The Balaban J connectivity index is 2.01. The predicted octanol–water partition coefficient (Wildman–Crippen LogP) is 3.42. The van der Waals surface area contributed by atoms with Gasteiger partial charge < -0.3 is 5.32 Å². The lowest BCUT2D eigenvalue weighted by Crippen LogP contribution is -2.04. The Labute approximate surface area is 93.1 Å². The first-order valence-corrected chi connectivity index (χ1v) is 5.83. The van der Waals surface area contributed by atoms with Gasteiger partial charge in [0.15, 0.2) is 0 Å². The maximum Gasteiger partial charge on any atom is 0.0370 e. The van der Waals surface area contributed by atoms with Crippen molar-refractivity contribution in [2.24, 2.45) is 5.92 Å². The van der Waals surface area contributed by atoms with Crippen LogP contribution in [-0.4, -0.2) is 6.54 Å². The Kier molecular flexibility index (Phi) is 2.77. The fourth-order valence-electron chi connectivity index (χ4n) is 1.40. The normalized spacial score (nSPS) is 15.8. The monoisotopic (exact) mass is 287 g/mol. The van der Waals surface area contributed by atoms with Crippen LogP contribution in [0.5, 0.6) is 0 Å². The quantitative estimate of drug-likeness (QED) is 0.840. The Bertz CT molecular complexity index is 305. The highest BCUT2D eigenvalue weighted by Gasteiger charge is 2.20. The summed E-state index contributed by atoms with van der Waals surface area (Å²) < 4.78 is 1.31. The molecule has 1 aromatic carbocycles. The van der Waals surface area contributed by atoms with E-state index in [1.807, 2.05) is 0 Å². The molecule has 1 aliphatic carbocycles. The second kappa shape index (κ2) is 3.86. The van der Waals surface area contributed by atoms with E-state index in [0.717, 1.165) is 12.5 Å². The van der Waals surface area contributed by atoms with Crippen molar-refractivity contribution in [3.63, 3.8) is 0 Å². The van der Waals surface area contributed by atoms with E-state index in [2.05, 4.69) is 53.0 Å². The number of benzene rings is 1. The van der Waals surface area contributed by atoms with E-state index in [1.54, 1.807) is 0 Å². The third-order valence-corrected chi connectivity index (χ3v) is 3.14. The number of halogens is 1. The lowest BCUT2D eigenvalue weighted by Gasteiger charge is -2.08. The maximum atomic E-state index is 3.50. The summed E-state index contributed by atoms with van der Waals surface area (Å²) in [6.45, 7) is 3.32. The molecule has 1 N–H and O–H groups in total. The second-order valence-corrected chi connectivity index (χ2v) is 5.03. The van der Waals surface area contributed by atoms with Crippen LogP contribution in [0.4, 0.5) is 5.69 Å². The van der Waals surface area contributed by atoms with Crippen molar-refractivity contribution in [3.05, 3.63) is 27.3 Å². The molecule has 1 aliphatic rings. The van der Waals surface area contributed by atoms with E-state index in [4.69, 9.17) is 0 Å². The van der Waals surface area contributed by atoms with E-state index in [9.17, 15) is 0 Å². The highest BCUT2D eigenvalue weighted by molar-refractivity contribution is 14.1. The van der Waals surface area contributed by atoms with Gasteiger partial charge in [-0.15, -0.1) is 0 Å². The Hall–Kier alpha value is -0.250. The Morgan fingerprint density at radius 3 is 2.85 bits per heavy atom. The van der Waals surface area contributed by atoms with Crippen molar-refractivity contribution in [3.8, 4) is 0 Å². The molecule has 2 rings (SSSR count). The van der Waals surface area contributed by atoms with Gasteiger partial charge in [0.1, 0.15) is 0 Å². The Morgan fingerprint density at radius 2 is 2.23 bits per heavy atom. The van der Waals surface area contributed by atoms with Crippen molar-refractivity contribution in [2.45, 2.75) is 19.8 Å². The molecule has 0 spiro atoms. The summed E-state index contributed by atoms with van der Waals surface area (Å²) in [6.07, 6.45) is 2.83. The molecule has 1 aromatic rings. The number of aryl methyl sites for hydroxylation is 1. The largest absolute Gasteiger partial charge is 0.385 e. The van der Waals surface area contributed by atoms with Gasteiger partial charge in [-0.05, 0) is 72.0 Å². The minimum absolute atomic E-state index is 0.943. The number of rotatable bonds is 3. The highest BCUT2D eigenvalue weighted by Crippen LogP contribution is 2.29. The summed E-state index contributed by atoms with van der Waals surface area (Å²) in [5.74, 6) is 0.943. The van der Waals surface area contributed by atoms with E-state index in [-0.39, 0.29) is 0 Å². The summed E-state index contributed by atoms with van der Waals surface area (Å²) in [5.41, 5.74) is 2.65. The fraction of sp³-hybridized carbons (Fsp3) is 0.455. The topological polar surface area (TPSA) is 12.0 Å². The number of hydrogen-bond acceptors (Lipinski definition) is 1. The molecule has 0 atom stereocenters. The van der Waals surface area contributed by atoms with Crippen molar-refractivity contribution >= 4 is 28.3 Å². The van der Waals surface area contributed by atoms with Gasteiger partial charge in [-0.2, -0.15) is 0 Å². The zero-order valence-electron chi connectivity index (χ0n) is 7.81. The molecule has 0 bridgehead atoms. The molecule has 1 nitrogen and oxygen atoms in total. The van der Waals surface area contributed by atoms with Crippen molar-refractivity contribution in [2.75, 3.05) is 11.9 Å². The van der Waals surface area contributed by atoms with Crippen LogP contribution in [0.3, 0.4) is 0 Å². The molecule has 1 fully saturated rings. The first-order valence-electron chi connectivity index (χ1n) is 4.76.